The minimum absolute atomic E-state index is 0.0122. The second kappa shape index (κ2) is 11.5. The fraction of sp³-hybridized carbons (Fsp3) is 0.440. The Balaban J connectivity index is 1.81. The summed E-state index contributed by atoms with van der Waals surface area (Å²) in [6.07, 6.45) is 2.75. The third-order valence-corrected chi connectivity index (χ3v) is 8.17. The number of rotatable bonds is 11. The molecular formula is C25H32N8O5S. The third-order valence-electron chi connectivity index (χ3n) is 6.47. The predicted octanol–water partition coefficient (Wildman–Crippen LogP) is 3.57. The van der Waals surface area contributed by atoms with Gasteiger partial charge in [0.1, 0.15) is 22.8 Å². The Bertz CT molecular complexity index is 1510. The van der Waals surface area contributed by atoms with Gasteiger partial charge in [-0.05, 0) is 40.2 Å². The molecule has 0 saturated heterocycles. The molecule has 0 aliphatic carbocycles. The Morgan fingerprint density at radius 2 is 1.87 bits per heavy atom. The van der Waals surface area contributed by atoms with Crippen LogP contribution in [0.1, 0.15) is 60.8 Å². The molecule has 4 aromatic heterocycles. The average molecular weight is 557 g/mol. The first-order valence-corrected chi connectivity index (χ1v) is 13.9. The highest BCUT2D eigenvalue weighted by Crippen LogP contribution is 2.35. The van der Waals surface area contributed by atoms with Crippen molar-refractivity contribution in [1.29, 1.82) is 0 Å². The Morgan fingerprint density at radius 1 is 1.10 bits per heavy atom. The van der Waals surface area contributed by atoms with E-state index in [1.54, 1.807) is 35.9 Å². The monoisotopic (exact) mass is 556 g/mol. The number of pyridine rings is 1. The van der Waals surface area contributed by atoms with Crippen molar-refractivity contribution in [1.82, 2.24) is 34.9 Å². The van der Waals surface area contributed by atoms with Crippen molar-refractivity contribution >= 4 is 16.0 Å². The molecule has 0 fully saturated rings. The Labute approximate surface area is 227 Å². The van der Waals surface area contributed by atoms with Crippen LogP contribution in [0.4, 0.5) is 5.95 Å². The van der Waals surface area contributed by atoms with Crippen LogP contribution in [-0.4, -0.2) is 62.8 Å². The van der Waals surface area contributed by atoms with Crippen molar-refractivity contribution in [3.05, 3.63) is 59.0 Å². The fourth-order valence-electron chi connectivity index (χ4n) is 4.45. The number of nitrogens with zero attached hydrogens (tertiary/aromatic N) is 7. The van der Waals surface area contributed by atoms with Gasteiger partial charge < -0.3 is 14.0 Å². The largest absolute Gasteiger partial charge is 0.481 e. The van der Waals surface area contributed by atoms with Crippen LogP contribution < -0.4 is 9.46 Å². The molecule has 0 amide bonds. The van der Waals surface area contributed by atoms with E-state index in [9.17, 15) is 8.42 Å². The van der Waals surface area contributed by atoms with Gasteiger partial charge in [-0.2, -0.15) is 0 Å². The maximum Gasteiger partial charge on any atom is 0.240 e. The number of sulfonamides is 1. The number of methoxy groups -OCH3 is 2. The first kappa shape index (κ1) is 28.1. The van der Waals surface area contributed by atoms with Crippen molar-refractivity contribution in [2.75, 3.05) is 18.9 Å². The molecule has 13 nitrogen and oxygen atoms in total. The third kappa shape index (κ3) is 5.61. The molecular weight excluding hydrogens is 524 g/mol. The molecule has 4 heterocycles. The van der Waals surface area contributed by atoms with Crippen LogP contribution in [-0.2, 0) is 14.8 Å². The number of aromatic nitrogens is 7. The molecule has 4 aromatic rings. The van der Waals surface area contributed by atoms with Crippen LogP contribution >= 0.6 is 0 Å². The van der Waals surface area contributed by atoms with E-state index in [2.05, 4.69) is 35.0 Å². The summed E-state index contributed by atoms with van der Waals surface area (Å²) in [5.74, 6) is 1.35. The Kier molecular flexibility index (Phi) is 8.25. The quantitative estimate of drug-likeness (QED) is 0.288. The average Bonchev–Trinajstić information content (AvgIpc) is 3.48. The van der Waals surface area contributed by atoms with Gasteiger partial charge in [0.25, 0.3) is 0 Å². The first-order chi connectivity index (χ1) is 18.6. The van der Waals surface area contributed by atoms with E-state index in [1.807, 2.05) is 20.8 Å². The van der Waals surface area contributed by atoms with Crippen LogP contribution in [0.3, 0.4) is 0 Å². The fourth-order valence-corrected chi connectivity index (χ4v) is 5.61. The van der Waals surface area contributed by atoms with Crippen molar-refractivity contribution < 1.29 is 22.4 Å². The molecule has 0 unspecified atom stereocenters. The topological polar surface area (TPSA) is 160 Å². The number of hydrogen-bond acceptors (Lipinski definition) is 11. The van der Waals surface area contributed by atoms with Gasteiger partial charge in [0, 0.05) is 24.9 Å². The molecule has 4 rings (SSSR count). The molecule has 3 atom stereocenters. The standard InChI is InChI=1S/C25H32N8O5S/c1-8-20(22-15(3)31-38-16(22)4)33-24(18-10-9-11-21(28-18)36-6)29-30-25(33)32-39(34,35)17(5)23(37-7)19-13-26-14(2)12-27-19/h9-13,17,20,23H,8H2,1-7H3,(H,30,32)/t17-,20-,23-/m0/s1. The van der Waals surface area contributed by atoms with E-state index in [4.69, 9.17) is 14.0 Å². The number of ether oxygens (including phenoxy) is 2. The predicted molar refractivity (Wildman–Crippen MR) is 143 cm³/mol. The lowest BCUT2D eigenvalue weighted by Crippen LogP contribution is -2.33. The summed E-state index contributed by atoms with van der Waals surface area (Å²) in [7, 11) is -1.12. The van der Waals surface area contributed by atoms with Gasteiger partial charge >= 0.3 is 0 Å². The Morgan fingerprint density at radius 3 is 2.46 bits per heavy atom. The summed E-state index contributed by atoms with van der Waals surface area (Å²) in [4.78, 5) is 13.0. The highest BCUT2D eigenvalue weighted by molar-refractivity contribution is 7.93. The van der Waals surface area contributed by atoms with E-state index in [0.29, 0.717) is 46.7 Å². The molecule has 0 saturated carbocycles. The number of anilines is 1. The van der Waals surface area contributed by atoms with Crippen molar-refractivity contribution in [2.45, 2.75) is 58.4 Å². The zero-order valence-electron chi connectivity index (χ0n) is 22.9. The summed E-state index contributed by atoms with van der Waals surface area (Å²) < 4.78 is 48.0. The van der Waals surface area contributed by atoms with Gasteiger partial charge in [-0.1, -0.05) is 18.1 Å². The van der Waals surface area contributed by atoms with Crippen molar-refractivity contribution in [2.24, 2.45) is 0 Å². The highest BCUT2D eigenvalue weighted by atomic mass is 32.2. The Hall–Kier alpha value is -3.91. The van der Waals surface area contributed by atoms with Crippen LogP contribution in [0.5, 0.6) is 5.88 Å². The number of hydrogen-bond donors (Lipinski definition) is 1. The van der Waals surface area contributed by atoms with Gasteiger partial charge in [-0.15, -0.1) is 10.2 Å². The van der Waals surface area contributed by atoms with Crippen molar-refractivity contribution in [3.8, 4) is 17.4 Å². The van der Waals surface area contributed by atoms with Gasteiger partial charge in [-0.25, -0.2) is 13.4 Å². The molecule has 0 spiro atoms. The zero-order chi connectivity index (χ0) is 28.3. The SMILES string of the molecule is CC[C@@H](c1c(C)noc1C)n1c(NS(=O)(=O)[C@@H](C)[C@H](OC)c2cnc(C)cn2)nnc1-c1cccc(OC)n1. The molecule has 0 aromatic carbocycles. The summed E-state index contributed by atoms with van der Waals surface area (Å²) in [5.41, 5.74) is 3.04. The van der Waals surface area contributed by atoms with Crippen LogP contribution in [0.15, 0.2) is 35.1 Å². The lowest BCUT2D eigenvalue weighted by molar-refractivity contribution is 0.0985. The first-order valence-electron chi connectivity index (χ1n) is 12.3. The highest BCUT2D eigenvalue weighted by Gasteiger charge is 2.35. The summed E-state index contributed by atoms with van der Waals surface area (Å²) >= 11 is 0. The minimum Gasteiger partial charge on any atom is -0.481 e. The van der Waals surface area contributed by atoms with E-state index < -0.39 is 27.4 Å². The zero-order valence-corrected chi connectivity index (χ0v) is 23.7. The van der Waals surface area contributed by atoms with Gasteiger partial charge in [-0.3, -0.25) is 19.3 Å². The van der Waals surface area contributed by atoms with Gasteiger partial charge in [0.15, 0.2) is 5.82 Å². The second-order valence-electron chi connectivity index (χ2n) is 9.04. The maximum absolute atomic E-state index is 13.7. The van der Waals surface area contributed by atoms with Crippen LogP contribution in [0.25, 0.3) is 11.5 Å². The maximum atomic E-state index is 13.7. The molecule has 0 radical (unpaired) electrons. The van der Waals surface area contributed by atoms with Gasteiger partial charge in [0.2, 0.25) is 21.9 Å². The van der Waals surface area contributed by atoms with E-state index in [-0.39, 0.29) is 5.95 Å². The molecule has 1 N–H and O–H groups in total. The van der Waals surface area contributed by atoms with E-state index in [0.717, 1.165) is 5.56 Å². The molecule has 208 valence electrons. The second-order valence-corrected chi connectivity index (χ2v) is 11.1. The molecule has 39 heavy (non-hydrogen) atoms. The lowest BCUT2D eigenvalue weighted by atomic mass is 10.0. The number of aryl methyl sites for hydroxylation is 3. The molecule has 0 bridgehead atoms. The van der Waals surface area contributed by atoms with Crippen LogP contribution in [0, 0.1) is 20.8 Å². The lowest BCUT2D eigenvalue weighted by Gasteiger charge is -2.24. The minimum atomic E-state index is -4.07. The normalized spacial score (nSPS) is 14.1. The van der Waals surface area contributed by atoms with E-state index in [1.165, 1.54) is 27.3 Å². The summed E-state index contributed by atoms with van der Waals surface area (Å²) in [6.45, 7) is 8.95. The smallest absolute Gasteiger partial charge is 0.240 e. The van der Waals surface area contributed by atoms with E-state index >= 15 is 0 Å². The van der Waals surface area contributed by atoms with Crippen LogP contribution in [0.2, 0.25) is 0 Å². The molecule has 0 aliphatic heterocycles. The molecule has 0 aliphatic rings. The summed E-state index contributed by atoms with van der Waals surface area (Å²) in [6, 6.07) is 4.82. The van der Waals surface area contributed by atoms with Gasteiger partial charge in [0.05, 0.1) is 36.4 Å². The number of nitrogens with one attached hydrogen (secondary N) is 1. The molecule has 14 heteroatoms. The van der Waals surface area contributed by atoms with Crippen molar-refractivity contribution in [3.63, 3.8) is 0 Å². The summed E-state index contributed by atoms with van der Waals surface area (Å²) in [5, 5.41) is 11.6.